The maximum absolute atomic E-state index is 16.4. The summed E-state index contributed by atoms with van der Waals surface area (Å²) in [5.74, 6) is 0.600. The summed E-state index contributed by atoms with van der Waals surface area (Å²) in [6.07, 6.45) is 9.34. The highest BCUT2D eigenvalue weighted by Crippen LogP contribution is 2.54. The molecule has 5 N–H and O–H groups in total. The fourth-order valence-electron chi connectivity index (χ4n) is 14.3. The van der Waals surface area contributed by atoms with Crippen LogP contribution in [0, 0.1) is 31.5 Å². The maximum Gasteiger partial charge on any atom is 0.319 e. The number of nitrogens with zero attached hydrogens (tertiary/aromatic N) is 9. The molecule has 4 aromatic carbocycles. The lowest BCUT2D eigenvalue weighted by molar-refractivity contribution is -0.142. The molecule has 2 amide bonds. The van der Waals surface area contributed by atoms with Crippen molar-refractivity contribution in [3.05, 3.63) is 117 Å². The molecular formula is C66H71FN12O8S. The van der Waals surface area contributed by atoms with Crippen LogP contribution in [0.2, 0.25) is 0 Å². The van der Waals surface area contributed by atoms with E-state index < -0.39 is 41.6 Å². The lowest BCUT2D eigenvalue weighted by Gasteiger charge is -2.36. The van der Waals surface area contributed by atoms with E-state index in [0.29, 0.717) is 81.9 Å². The Labute approximate surface area is 510 Å². The second-order valence-electron chi connectivity index (χ2n) is 25.6. The first-order valence-electron chi connectivity index (χ1n) is 31.1. The third kappa shape index (κ3) is 10.3. The van der Waals surface area contributed by atoms with Gasteiger partial charge in [0.2, 0.25) is 11.8 Å². The molecule has 4 aliphatic heterocycles. The predicted molar refractivity (Wildman–Crippen MR) is 332 cm³/mol. The maximum atomic E-state index is 16.4. The summed E-state index contributed by atoms with van der Waals surface area (Å²) in [6, 6.07) is 15.2. The highest BCUT2D eigenvalue weighted by Gasteiger charge is 2.47. The minimum Gasteiger partial charge on any atom is -0.486 e. The highest BCUT2D eigenvalue weighted by molar-refractivity contribution is 7.13. The number of aromatic nitrogens is 8. The lowest BCUT2D eigenvalue weighted by Crippen LogP contribution is -2.50. The Hall–Kier alpha value is -7.89. The number of nitrogens with one attached hydrogen (secondary N) is 3. The number of thiazole rings is 1. The van der Waals surface area contributed by atoms with E-state index in [2.05, 4.69) is 41.3 Å². The normalized spacial score (nSPS) is 21.5. The van der Waals surface area contributed by atoms with Gasteiger partial charge >= 0.3 is 6.01 Å². The number of carbonyl (C=O) groups is 2. The minimum absolute atomic E-state index is 0.00322. The summed E-state index contributed by atoms with van der Waals surface area (Å²) >= 11 is 1.53. The number of aromatic amines is 2. The van der Waals surface area contributed by atoms with Gasteiger partial charge in [-0.2, -0.15) is 20.2 Å². The van der Waals surface area contributed by atoms with Crippen molar-refractivity contribution in [3.63, 3.8) is 0 Å². The van der Waals surface area contributed by atoms with Gasteiger partial charge in [-0.3, -0.25) is 29.1 Å². The number of hydrogen-bond acceptors (Lipinski definition) is 16. The Bertz CT molecular complexity index is 4270. The molecule has 456 valence electrons. The van der Waals surface area contributed by atoms with Crippen LogP contribution in [-0.4, -0.2) is 148 Å². The summed E-state index contributed by atoms with van der Waals surface area (Å²) in [5, 5.41) is 39.5. The number of aliphatic hydroxyl groups excluding tert-OH is 2. The summed E-state index contributed by atoms with van der Waals surface area (Å²) in [4.78, 5) is 68.9. The molecule has 88 heavy (non-hydrogen) atoms. The molecule has 0 spiro atoms. The number of amides is 2. The first kappa shape index (κ1) is 56.6. The molecule has 9 heterocycles. The summed E-state index contributed by atoms with van der Waals surface area (Å²) < 4.78 is 37.6. The highest BCUT2D eigenvalue weighted by atomic mass is 32.1. The van der Waals surface area contributed by atoms with Crippen molar-refractivity contribution in [2.75, 3.05) is 50.9 Å². The zero-order valence-corrected chi connectivity index (χ0v) is 50.5. The number of rotatable bonds is 18. The van der Waals surface area contributed by atoms with Crippen LogP contribution < -0.4 is 25.2 Å². The number of anilines is 1. The number of benzene rings is 4. The average molecular weight is 1210 g/mol. The Morgan fingerprint density at radius 3 is 2.44 bits per heavy atom. The van der Waals surface area contributed by atoms with Gasteiger partial charge in [0.1, 0.15) is 41.9 Å². The Balaban J connectivity index is 0.764. The number of carbonyl (C=O) groups excluding carboxylic acids is 2. The third-order valence-electron chi connectivity index (χ3n) is 19.2. The molecule has 6 atom stereocenters. The molecule has 2 bridgehead atoms. The molecule has 22 heteroatoms. The number of likely N-dealkylation sites (tertiary alicyclic amines) is 2. The van der Waals surface area contributed by atoms with Crippen molar-refractivity contribution in [1.29, 1.82) is 0 Å². The molecule has 5 aromatic heterocycles. The number of H-pyrrole nitrogens is 2. The van der Waals surface area contributed by atoms with Crippen LogP contribution in [0.1, 0.15) is 111 Å². The van der Waals surface area contributed by atoms with E-state index >= 15 is 4.39 Å². The van der Waals surface area contributed by atoms with Crippen LogP contribution in [0.4, 0.5) is 10.2 Å². The summed E-state index contributed by atoms with van der Waals surface area (Å²) in [5.41, 5.74) is 9.35. The minimum atomic E-state index is -1.04. The van der Waals surface area contributed by atoms with E-state index in [1.54, 1.807) is 24.8 Å². The van der Waals surface area contributed by atoms with Gasteiger partial charge < -0.3 is 44.5 Å². The number of aryl methyl sites for hydroxylation is 1. The number of ether oxygens (including phenoxy) is 3. The number of aliphatic hydroxyl groups is 2. The van der Waals surface area contributed by atoms with E-state index in [1.165, 1.54) is 39.8 Å². The second kappa shape index (κ2) is 22.6. The van der Waals surface area contributed by atoms with Crippen LogP contribution in [0.15, 0.2) is 77.3 Å². The first-order valence-corrected chi connectivity index (χ1v) is 31.9. The molecule has 2 saturated carbocycles. The van der Waals surface area contributed by atoms with E-state index in [0.717, 1.165) is 94.2 Å². The standard InChI is InChI=1S/C66H71FN12O8S/c1-33(2)59(65(84)78-28-43(81)21-54(78)63(82)71-53(30-80)39-10-12-40(13-11-39)61-35(4)68-32-88-61)79-29-49-45-14-7-37(19-51(45)70-64(83)58(49)75-79)31-86-60-56(55-34(3)50(67)23-52-48(55)24-69-74-52)46(38-8-9-38)22-47-57(60)72-66(87-44-15-17-85-18-16-44)73-62(47)77-27-41-20-42(77)26-76(41)25-36-5-6-36/h7,10-14,19,22-24,29,32-33,36,38,41-44,53-54,59,80-81H,5-6,8-9,15-18,20-21,25-28,30-31H2,1-4H3,(H,69,74)(H,70,83)(H,71,82). The predicted octanol–water partition coefficient (Wildman–Crippen LogP) is 8.94. The molecule has 15 rings (SSSR count). The molecule has 9 aromatic rings. The Kier molecular flexibility index (Phi) is 14.5. The number of pyridine rings is 1. The molecule has 20 nitrogen and oxygen atoms in total. The number of hydrogen-bond donors (Lipinski definition) is 5. The zero-order valence-electron chi connectivity index (χ0n) is 49.7. The van der Waals surface area contributed by atoms with Gasteiger partial charge in [-0.15, -0.1) is 11.3 Å². The quantitative estimate of drug-likeness (QED) is 0.0539. The fraction of sp³-hybridized carbons (Fsp3) is 0.455. The van der Waals surface area contributed by atoms with Crippen LogP contribution in [0.5, 0.6) is 11.8 Å². The van der Waals surface area contributed by atoms with Gasteiger partial charge in [0.15, 0.2) is 11.3 Å². The van der Waals surface area contributed by atoms with E-state index in [4.69, 9.17) is 29.3 Å². The van der Waals surface area contributed by atoms with Crippen molar-refractivity contribution >= 4 is 72.6 Å². The molecule has 6 fully saturated rings. The van der Waals surface area contributed by atoms with Gasteiger partial charge in [-0.05, 0) is 110 Å². The van der Waals surface area contributed by atoms with Crippen molar-refractivity contribution < 1.29 is 38.4 Å². The van der Waals surface area contributed by atoms with E-state index in [1.807, 2.05) is 63.2 Å². The first-order chi connectivity index (χ1) is 42.7. The number of fused-ring (bicyclic) bond motifs is 7. The van der Waals surface area contributed by atoms with E-state index in [9.17, 15) is 24.6 Å². The Morgan fingerprint density at radius 1 is 0.898 bits per heavy atom. The largest absolute Gasteiger partial charge is 0.486 e. The third-order valence-corrected chi connectivity index (χ3v) is 20.2. The van der Waals surface area contributed by atoms with Gasteiger partial charge in [0.25, 0.3) is 5.56 Å². The molecular weight excluding hydrogens is 1140 g/mol. The number of piperazine rings is 1. The number of β-amino-alcohol motifs (C(OH)–C–C–N with tert-alkyl or cyclic N) is 1. The van der Waals surface area contributed by atoms with Crippen molar-refractivity contribution in [2.45, 2.75) is 134 Å². The summed E-state index contributed by atoms with van der Waals surface area (Å²) in [6.45, 7) is 11.2. The van der Waals surface area contributed by atoms with Gasteiger partial charge in [0, 0.05) is 102 Å². The van der Waals surface area contributed by atoms with Crippen LogP contribution in [0.3, 0.4) is 0 Å². The van der Waals surface area contributed by atoms with Crippen LogP contribution in [0.25, 0.3) is 65.2 Å². The topological polar surface area (TPSA) is 242 Å². The van der Waals surface area contributed by atoms with Crippen LogP contribution >= 0.6 is 11.3 Å². The zero-order chi connectivity index (χ0) is 60.2. The fourth-order valence-corrected chi connectivity index (χ4v) is 15.1. The van der Waals surface area contributed by atoms with Crippen molar-refractivity contribution in [3.8, 4) is 33.3 Å². The van der Waals surface area contributed by atoms with Crippen molar-refractivity contribution in [1.82, 2.24) is 55.0 Å². The van der Waals surface area contributed by atoms with Gasteiger partial charge in [-0.25, -0.2) is 9.37 Å². The van der Waals surface area contributed by atoms with E-state index in [-0.39, 0.29) is 67.5 Å². The molecule has 4 saturated heterocycles. The lowest BCUT2D eigenvalue weighted by atomic mass is 9.88. The average Bonchev–Trinajstić information content (AvgIpc) is 1.79. The van der Waals surface area contributed by atoms with Gasteiger partial charge in [-0.1, -0.05) is 50.2 Å². The smallest absolute Gasteiger partial charge is 0.319 e. The Morgan fingerprint density at radius 2 is 1.72 bits per heavy atom. The monoisotopic (exact) mass is 1210 g/mol. The second-order valence-corrected chi connectivity index (χ2v) is 26.4. The SMILES string of the molecule is Cc1ncsc1-c1ccc(C(CO)NC(=O)C2CC(O)CN2C(=O)C(C(C)C)n2cc3c(n2)c(=O)[nH]c2cc(COc4c(-c5c(C)c(F)cc6[nH]ncc56)c(C5CC5)cc5c(N6CC7CC6CN7CC6CC6)nc(OC6CCOCC6)nc45)ccc23)cc1. The number of halogens is 1. The molecule has 2 aliphatic carbocycles. The molecule has 0 radical (unpaired) electrons. The molecule has 6 aliphatic rings. The van der Waals surface area contributed by atoms with Crippen LogP contribution in [-0.2, 0) is 20.9 Å². The van der Waals surface area contributed by atoms with Crippen molar-refractivity contribution in [2.24, 2.45) is 11.8 Å². The summed E-state index contributed by atoms with van der Waals surface area (Å²) in [7, 11) is 0. The molecule has 6 unspecified atom stereocenters. The van der Waals surface area contributed by atoms with Gasteiger partial charge in [0.05, 0.1) is 59.8 Å².